The Kier molecular flexibility index (Phi) is 6.99. The minimum atomic E-state index is -0.399. The van der Waals surface area contributed by atoms with E-state index in [4.69, 9.17) is 14.5 Å². The number of ether oxygens (including phenoxy) is 2. The number of methoxy groups -OCH3 is 1. The molecule has 0 saturated carbocycles. The van der Waals surface area contributed by atoms with Crippen LogP contribution in [0.3, 0.4) is 0 Å². The lowest BCUT2D eigenvalue weighted by molar-refractivity contribution is 0.104. The zero-order valence-electron chi connectivity index (χ0n) is 18.7. The predicted molar refractivity (Wildman–Crippen MR) is 123 cm³/mol. The van der Waals surface area contributed by atoms with Crippen LogP contribution < -0.4 is 15.6 Å². The molecule has 1 aromatic carbocycles. The van der Waals surface area contributed by atoms with Gasteiger partial charge in [0, 0.05) is 50.2 Å². The second-order valence-corrected chi connectivity index (χ2v) is 7.65. The first kappa shape index (κ1) is 22.5. The molecule has 1 aliphatic heterocycles. The van der Waals surface area contributed by atoms with E-state index in [1.165, 1.54) is 6.07 Å². The number of rotatable bonds is 6. The second-order valence-electron chi connectivity index (χ2n) is 7.65. The molecule has 0 aliphatic carbocycles. The molecule has 2 aromatic heterocycles. The van der Waals surface area contributed by atoms with Crippen LogP contribution in [0.1, 0.15) is 24.4 Å². The van der Waals surface area contributed by atoms with Gasteiger partial charge in [-0.25, -0.2) is 9.78 Å². The van der Waals surface area contributed by atoms with Crippen molar-refractivity contribution < 1.29 is 14.3 Å². The molecule has 0 saturated heterocycles. The van der Waals surface area contributed by atoms with Crippen LogP contribution in [0.5, 0.6) is 5.75 Å². The second kappa shape index (κ2) is 10.3. The van der Waals surface area contributed by atoms with E-state index in [-0.39, 0.29) is 18.2 Å². The van der Waals surface area contributed by atoms with E-state index in [9.17, 15) is 9.59 Å². The van der Waals surface area contributed by atoms with E-state index in [0.717, 1.165) is 16.9 Å². The molecule has 1 unspecified atom stereocenters. The summed E-state index contributed by atoms with van der Waals surface area (Å²) in [6, 6.07) is 12.5. The summed E-state index contributed by atoms with van der Waals surface area (Å²) in [5.41, 5.74) is 2.27. The molecular formula is C24H27N5O4. The minimum absolute atomic E-state index is 0.159. The van der Waals surface area contributed by atoms with E-state index in [1.807, 2.05) is 36.4 Å². The van der Waals surface area contributed by atoms with Crippen LogP contribution in [0, 0.1) is 0 Å². The van der Waals surface area contributed by atoms with Crippen molar-refractivity contribution in [3.8, 4) is 17.0 Å². The van der Waals surface area contributed by atoms with Gasteiger partial charge in [-0.05, 0) is 36.8 Å². The fourth-order valence-corrected chi connectivity index (χ4v) is 3.82. The van der Waals surface area contributed by atoms with E-state index >= 15 is 0 Å². The smallest absolute Gasteiger partial charge is 0.409 e. The number of nitrogens with zero attached hydrogens (tertiary/aromatic N) is 4. The van der Waals surface area contributed by atoms with Crippen molar-refractivity contribution in [1.82, 2.24) is 24.8 Å². The van der Waals surface area contributed by atoms with Gasteiger partial charge >= 0.3 is 6.09 Å². The number of carbonyl (C=O) groups excluding carboxylic acids is 1. The number of fused-ring (bicyclic) bond motifs is 1. The lowest BCUT2D eigenvalue weighted by Crippen LogP contribution is -2.38. The maximum absolute atomic E-state index is 13.0. The Morgan fingerprint density at radius 3 is 2.61 bits per heavy atom. The summed E-state index contributed by atoms with van der Waals surface area (Å²) in [6.45, 7) is 3.63. The standard InChI is InChI=1S/C24H27N5O4/c1-3-33-24(31)28-12-13-29-22(30)14-20(18-8-10-25-11-9-18)27-23(29)21(16-28)26-15-17-4-6-19(32-2)7-5-17/h4-11,14,21,26H,3,12-13,15-16H2,1-2H3. The average Bonchev–Trinajstić information content (AvgIpc) is 3.04. The van der Waals surface area contributed by atoms with Crippen molar-refractivity contribution in [3.63, 3.8) is 0 Å². The first-order valence-electron chi connectivity index (χ1n) is 10.9. The number of hydrogen-bond donors (Lipinski definition) is 1. The molecule has 3 heterocycles. The van der Waals surface area contributed by atoms with Gasteiger partial charge in [0.05, 0.1) is 25.5 Å². The Labute approximate surface area is 192 Å². The van der Waals surface area contributed by atoms with Gasteiger partial charge in [-0.2, -0.15) is 0 Å². The average molecular weight is 450 g/mol. The number of carbonyl (C=O) groups is 1. The third-order valence-electron chi connectivity index (χ3n) is 5.56. The van der Waals surface area contributed by atoms with Crippen molar-refractivity contribution in [2.24, 2.45) is 0 Å². The van der Waals surface area contributed by atoms with E-state index in [0.29, 0.717) is 37.7 Å². The third kappa shape index (κ3) is 5.20. The van der Waals surface area contributed by atoms with Gasteiger partial charge in [0.2, 0.25) is 0 Å². The van der Waals surface area contributed by atoms with Gasteiger partial charge < -0.3 is 19.7 Å². The molecule has 0 bridgehead atoms. The highest BCUT2D eigenvalue weighted by Crippen LogP contribution is 2.22. The predicted octanol–water partition coefficient (Wildman–Crippen LogP) is 2.62. The summed E-state index contributed by atoms with van der Waals surface area (Å²) in [5, 5.41) is 3.48. The Hall–Kier alpha value is -3.72. The van der Waals surface area contributed by atoms with Crippen molar-refractivity contribution >= 4 is 6.09 Å². The molecule has 1 aliphatic rings. The minimum Gasteiger partial charge on any atom is -0.497 e. The van der Waals surface area contributed by atoms with Gasteiger partial charge in [0.25, 0.3) is 5.56 Å². The molecule has 9 heteroatoms. The molecular weight excluding hydrogens is 422 g/mol. The Morgan fingerprint density at radius 1 is 1.15 bits per heavy atom. The van der Waals surface area contributed by atoms with Crippen LogP contribution in [-0.2, 0) is 17.8 Å². The topological polar surface area (TPSA) is 98.6 Å². The third-order valence-corrected chi connectivity index (χ3v) is 5.56. The molecule has 33 heavy (non-hydrogen) atoms. The Balaban J connectivity index is 1.67. The van der Waals surface area contributed by atoms with Crippen molar-refractivity contribution in [3.05, 3.63) is 76.6 Å². The highest BCUT2D eigenvalue weighted by Gasteiger charge is 2.29. The molecule has 1 amide bonds. The van der Waals surface area contributed by atoms with Gasteiger partial charge in [-0.3, -0.25) is 14.3 Å². The van der Waals surface area contributed by atoms with Crippen molar-refractivity contribution in [2.45, 2.75) is 26.1 Å². The number of amides is 1. The first-order chi connectivity index (χ1) is 16.1. The van der Waals surface area contributed by atoms with Crippen LogP contribution in [0.15, 0.2) is 59.7 Å². The summed E-state index contributed by atoms with van der Waals surface area (Å²) in [5.74, 6) is 1.37. The molecule has 1 N–H and O–H groups in total. The number of aromatic nitrogens is 3. The number of benzene rings is 1. The van der Waals surface area contributed by atoms with Crippen LogP contribution in [-0.4, -0.2) is 52.3 Å². The summed E-state index contributed by atoms with van der Waals surface area (Å²) >= 11 is 0. The van der Waals surface area contributed by atoms with Crippen LogP contribution in [0.2, 0.25) is 0 Å². The SMILES string of the molecule is CCOC(=O)N1CCn2c(nc(-c3ccncc3)cc2=O)C(NCc2ccc(OC)cc2)C1. The molecule has 3 aromatic rings. The fraction of sp³-hybridized carbons (Fsp3) is 0.333. The van der Waals surface area contributed by atoms with E-state index in [1.54, 1.807) is 35.9 Å². The number of nitrogens with one attached hydrogen (secondary N) is 1. The maximum Gasteiger partial charge on any atom is 0.409 e. The van der Waals surface area contributed by atoms with Crippen molar-refractivity contribution in [2.75, 3.05) is 26.8 Å². The van der Waals surface area contributed by atoms with Gasteiger partial charge in [0.1, 0.15) is 11.6 Å². The van der Waals surface area contributed by atoms with E-state index in [2.05, 4.69) is 10.3 Å². The zero-order valence-corrected chi connectivity index (χ0v) is 18.7. The van der Waals surface area contributed by atoms with Crippen LogP contribution >= 0.6 is 0 Å². The summed E-state index contributed by atoms with van der Waals surface area (Å²) < 4.78 is 12.1. The largest absolute Gasteiger partial charge is 0.497 e. The first-order valence-corrected chi connectivity index (χ1v) is 10.9. The number of hydrogen-bond acceptors (Lipinski definition) is 7. The summed E-state index contributed by atoms with van der Waals surface area (Å²) in [7, 11) is 1.63. The number of pyridine rings is 1. The molecule has 1 atom stereocenters. The summed E-state index contributed by atoms with van der Waals surface area (Å²) in [4.78, 5) is 36.0. The molecule has 9 nitrogen and oxygen atoms in total. The lowest BCUT2D eigenvalue weighted by atomic mass is 10.1. The van der Waals surface area contributed by atoms with E-state index < -0.39 is 6.09 Å². The molecule has 172 valence electrons. The molecule has 0 spiro atoms. The van der Waals surface area contributed by atoms with Crippen LogP contribution in [0.25, 0.3) is 11.3 Å². The van der Waals surface area contributed by atoms with Crippen LogP contribution in [0.4, 0.5) is 4.79 Å². The maximum atomic E-state index is 13.0. The van der Waals surface area contributed by atoms with Crippen molar-refractivity contribution in [1.29, 1.82) is 0 Å². The van der Waals surface area contributed by atoms with Gasteiger partial charge in [-0.1, -0.05) is 12.1 Å². The molecule has 4 rings (SSSR count). The monoisotopic (exact) mass is 449 g/mol. The fourth-order valence-electron chi connectivity index (χ4n) is 3.82. The summed E-state index contributed by atoms with van der Waals surface area (Å²) in [6.07, 6.45) is 2.94. The molecule has 0 radical (unpaired) electrons. The highest BCUT2D eigenvalue weighted by molar-refractivity contribution is 5.67. The normalized spacial score (nSPS) is 15.5. The van der Waals surface area contributed by atoms with Gasteiger partial charge in [0.15, 0.2) is 0 Å². The Morgan fingerprint density at radius 2 is 1.91 bits per heavy atom. The lowest BCUT2D eigenvalue weighted by Gasteiger charge is -2.24. The highest BCUT2D eigenvalue weighted by atomic mass is 16.6. The zero-order chi connectivity index (χ0) is 23.2. The Bertz CT molecular complexity index is 1150. The quantitative estimate of drug-likeness (QED) is 0.618. The van der Waals surface area contributed by atoms with Gasteiger partial charge in [-0.15, -0.1) is 0 Å². The molecule has 0 fully saturated rings.